The van der Waals surface area contributed by atoms with E-state index >= 15 is 0 Å². The van der Waals surface area contributed by atoms with Crippen LogP contribution in [-0.2, 0) is 7.05 Å². The van der Waals surface area contributed by atoms with Gasteiger partial charge in [-0.2, -0.15) is 0 Å². The smallest absolute Gasteiger partial charge is 0.116 e. The van der Waals surface area contributed by atoms with Gasteiger partial charge in [-0.15, -0.1) is 0 Å². The molecule has 3 aromatic carbocycles. The molecule has 0 bridgehead atoms. The number of rotatable bonds is 2. The average Bonchev–Trinajstić information content (AvgIpc) is 3.10. The molecule has 26 heavy (non-hydrogen) atoms. The van der Waals surface area contributed by atoms with E-state index in [1.165, 1.54) is 33.2 Å². The maximum absolute atomic E-state index is 4.47. The van der Waals surface area contributed by atoms with E-state index in [0.717, 1.165) is 10.9 Å². The van der Waals surface area contributed by atoms with Gasteiger partial charge in [-0.1, -0.05) is 54.6 Å². The fourth-order valence-electron chi connectivity index (χ4n) is 3.64. The first-order chi connectivity index (χ1) is 12.8. The Balaban J connectivity index is 1.72. The lowest BCUT2D eigenvalue weighted by molar-refractivity contribution is 0.970. The van der Waals surface area contributed by atoms with Crippen LogP contribution in [0.4, 0.5) is 0 Å². The lowest BCUT2D eigenvalue weighted by Crippen LogP contribution is -1.91. The van der Waals surface area contributed by atoms with Gasteiger partial charge in [0.05, 0.1) is 11.0 Å². The summed E-state index contributed by atoms with van der Waals surface area (Å²) in [5, 5.41) is 2.28. The van der Waals surface area contributed by atoms with E-state index in [1.807, 2.05) is 12.3 Å². The Labute approximate surface area is 151 Å². The third-order valence-corrected chi connectivity index (χ3v) is 4.95. The number of hydrogen-bond acceptors (Lipinski definition) is 2. The van der Waals surface area contributed by atoms with E-state index in [2.05, 4.69) is 88.4 Å². The topological polar surface area (TPSA) is 30.7 Å². The van der Waals surface area contributed by atoms with Crippen LogP contribution in [0.15, 0.2) is 85.5 Å². The zero-order valence-corrected chi connectivity index (χ0v) is 14.4. The van der Waals surface area contributed by atoms with Crippen LogP contribution >= 0.6 is 0 Å². The molecule has 0 saturated carbocycles. The number of benzene rings is 3. The summed E-state index contributed by atoms with van der Waals surface area (Å²) in [5.74, 6) is 0. The predicted molar refractivity (Wildman–Crippen MR) is 107 cm³/mol. The molecule has 0 saturated heterocycles. The molecule has 0 N–H and O–H groups in total. The zero-order chi connectivity index (χ0) is 17.5. The fraction of sp³-hybridized carbons (Fsp3) is 0.0435. The van der Waals surface area contributed by atoms with Crippen molar-refractivity contribution in [3.05, 3.63) is 85.5 Å². The van der Waals surface area contributed by atoms with Gasteiger partial charge in [-0.05, 0) is 28.8 Å². The van der Waals surface area contributed by atoms with Crippen molar-refractivity contribution < 1.29 is 0 Å². The summed E-state index contributed by atoms with van der Waals surface area (Å²) in [6.07, 6.45) is 5.60. The second-order valence-corrected chi connectivity index (χ2v) is 6.51. The number of aryl methyl sites for hydroxylation is 1. The zero-order valence-electron chi connectivity index (χ0n) is 14.4. The van der Waals surface area contributed by atoms with Crippen LogP contribution < -0.4 is 0 Å². The van der Waals surface area contributed by atoms with Crippen molar-refractivity contribution in [2.45, 2.75) is 0 Å². The van der Waals surface area contributed by atoms with Crippen LogP contribution in [0.2, 0.25) is 0 Å². The van der Waals surface area contributed by atoms with Crippen molar-refractivity contribution in [3.63, 3.8) is 0 Å². The Morgan fingerprint density at radius 3 is 2.31 bits per heavy atom. The van der Waals surface area contributed by atoms with Crippen molar-refractivity contribution in [2.24, 2.45) is 7.05 Å². The lowest BCUT2D eigenvalue weighted by atomic mass is 9.97. The number of hydrogen-bond donors (Lipinski definition) is 0. The monoisotopic (exact) mass is 335 g/mol. The number of aromatic nitrogens is 3. The molecule has 3 heteroatoms. The second kappa shape index (κ2) is 5.81. The maximum Gasteiger partial charge on any atom is 0.116 e. The first-order valence-corrected chi connectivity index (χ1v) is 8.65. The van der Waals surface area contributed by atoms with Gasteiger partial charge < -0.3 is 4.57 Å². The molecule has 0 fully saturated rings. The molecule has 0 unspecified atom stereocenters. The Morgan fingerprint density at radius 1 is 0.769 bits per heavy atom. The summed E-state index contributed by atoms with van der Waals surface area (Å²) in [5.41, 5.74) is 7.02. The highest BCUT2D eigenvalue weighted by atomic mass is 14.9. The molecule has 5 aromatic rings. The van der Waals surface area contributed by atoms with Gasteiger partial charge in [-0.25, -0.2) is 9.97 Å². The summed E-state index contributed by atoms with van der Waals surface area (Å²) in [7, 11) is 2.08. The number of nitrogens with zero attached hydrogens (tertiary/aromatic N) is 3. The third-order valence-electron chi connectivity index (χ3n) is 4.95. The normalized spacial score (nSPS) is 11.3. The van der Waals surface area contributed by atoms with Gasteiger partial charge in [0.1, 0.15) is 6.33 Å². The molecule has 3 nitrogen and oxygen atoms in total. The summed E-state index contributed by atoms with van der Waals surface area (Å²) in [4.78, 5) is 8.67. The minimum Gasteiger partial charge on any atom is -0.350 e. The van der Waals surface area contributed by atoms with Crippen molar-refractivity contribution >= 4 is 21.8 Å². The molecule has 0 radical (unpaired) electrons. The van der Waals surface area contributed by atoms with Crippen LogP contribution in [0.25, 0.3) is 44.1 Å². The Kier molecular flexibility index (Phi) is 3.32. The van der Waals surface area contributed by atoms with Crippen molar-refractivity contribution in [1.29, 1.82) is 0 Å². The van der Waals surface area contributed by atoms with Crippen molar-refractivity contribution in [1.82, 2.24) is 14.5 Å². The molecule has 0 aliphatic heterocycles. The first kappa shape index (κ1) is 14.8. The summed E-state index contributed by atoms with van der Waals surface area (Å²) in [6.45, 7) is 0. The molecule has 2 aromatic heterocycles. The maximum atomic E-state index is 4.47. The molecule has 5 rings (SSSR count). The van der Waals surface area contributed by atoms with E-state index in [4.69, 9.17) is 0 Å². The number of fused-ring (bicyclic) bond motifs is 3. The highest BCUT2D eigenvalue weighted by molar-refractivity contribution is 6.11. The predicted octanol–water partition coefficient (Wildman–Crippen LogP) is 5.46. The Morgan fingerprint density at radius 2 is 1.50 bits per heavy atom. The van der Waals surface area contributed by atoms with Crippen LogP contribution in [-0.4, -0.2) is 14.5 Å². The van der Waals surface area contributed by atoms with Gasteiger partial charge in [0.2, 0.25) is 0 Å². The van der Waals surface area contributed by atoms with E-state index in [9.17, 15) is 0 Å². The average molecular weight is 335 g/mol. The van der Waals surface area contributed by atoms with Gasteiger partial charge in [0.25, 0.3) is 0 Å². The summed E-state index contributed by atoms with van der Waals surface area (Å²) >= 11 is 0. The first-order valence-electron chi connectivity index (χ1n) is 8.65. The molecular formula is C23H17N3. The van der Waals surface area contributed by atoms with Crippen molar-refractivity contribution in [2.75, 3.05) is 0 Å². The van der Waals surface area contributed by atoms with E-state index in [0.29, 0.717) is 0 Å². The molecule has 0 atom stereocenters. The molecular weight excluding hydrogens is 318 g/mol. The van der Waals surface area contributed by atoms with E-state index in [-0.39, 0.29) is 0 Å². The summed E-state index contributed by atoms with van der Waals surface area (Å²) < 4.78 is 2.17. The van der Waals surface area contributed by atoms with Gasteiger partial charge >= 0.3 is 0 Å². The Bertz CT molecular complexity index is 1220. The Hall–Kier alpha value is -3.46. The van der Waals surface area contributed by atoms with Crippen LogP contribution in [0.1, 0.15) is 0 Å². The molecule has 2 heterocycles. The molecule has 0 amide bonds. The minimum absolute atomic E-state index is 0.973. The molecule has 0 aliphatic carbocycles. The molecule has 0 aliphatic rings. The van der Waals surface area contributed by atoms with Gasteiger partial charge in [0, 0.05) is 35.8 Å². The van der Waals surface area contributed by atoms with Crippen LogP contribution in [0, 0.1) is 0 Å². The summed E-state index contributed by atoms with van der Waals surface area (Å²) in [6, 6.07) is 23.5. The minimum atomic E-state index is 0.973. The van der Waals surface area contributed by atoms with Crippen molar-refractivity contribution in [3.8, 4) is 22.3 Å². The SMILES string of the molecule is Cn1ccc2c3cncnc3cc(-c3ccc(-c4ccccc4)cc3)c21. The van der Waals surface area contributed by atoms with Gasteiger partial charge in [-0.3, -0.25) is 0 Å². The quantitative estimate of drug-likeness (QED) is 0.429. The highest BCUT2D eigenvalue weighted by Crippen LogP contribution is 2.35. The second-order valence-electron chi connectivity index (χ2n) is 6.51. The molecule has 124 valence electrons. The standard InChI is InChI=1S/C23H17N3/c1-26-12-11-19-21-14-24-15-25-22(21)13-20(23(19)26)18-9-7-17(8-10-18)16-5-3-2-4-6-16/h2-15H,1H3. The van der Waals surface area contributed by atoms with Gasteiger partial charge in [0.15, 0.2) is 0 Å². The van der Waals surface area contributed by atoms with Crippen LogP contribution in [0.5, 0.6) is 0 Å². The third kappa shape index (κ3) is 2.29. The lowest BCUT2D eigenvalue weighted by Gasteiger charge is -2.10. The molecule has 0 spiro atoms. The largest absolute Gasteiger partial charge is 0.350 e. The van der Waals surface area contributed by atoms with Crippen LogP contribution in [0.3, 0.4) is 0 Å². The van der Waals surface area contributed by atoms with E-state index in [1.54, 1.807) is 6.33 Å². The highest BCUT2D eigenvalue weighted by Gasteiger charge is 2.12. The van der Waals surface area contributed by atoms with E-state index < -0.39 is 0 Å². The fourth-order valence-corrected chi connectivity index (χ4v) is 3.64.